The minimum Gasteiger partial charge on any atom is -0.309 e. The summed E-state index contributed by atoms with van der Waals surface area (Å²) in [5, 5.41) is 11.6. The Morgan fingerprint density at radius 3 is 2.70 bits per heavy atom. The average molecular weight is 445 g/mol. The highest BCUT2D eigenvalue weighted by Gasteiger charge is 2.22. The first kappa shape index (κ1) is 22.2. The number of nitrogens with zero attached hydrogens (tertiary/aromatic N) is 4. The second-order valence-electron chi connectivity index (χ2n) is 6.98. The lowest BCUT2D eigenvalue weighted by atomic mass is 10.2. The highest BCUT2D eigenvalue weighted by Crippen LogP contribution is 2.32. The van der Waals surface area contributed by atoms with Crippen molar-refractivity contribution in [3.63, 3.8) is 0 Å². The van der Waals surface area contributed by atoms with Gasteiger partial charge in [-0.05, 0) is 57.1 Å². The van der Waals surface area contributed by atoms with Gasteiger partial charge in [0.15, 0.2) is 5.13 Å². The molecule has 0 aliphatic rings. The predicted octanol–water partition coefficient (Wildman–Crippen LogP) is 4.92. The van der Waals surface area contributed by atoms with E-state index in [4.69, 9.17) is 0 Å². The molecule has 0 aliphatic carbocycles. The van der Waals surface area contributed by atoms with Gasteiger partial charge in [0.05, 0.1) is 15.1 Å². The molecule has 30 heavy (non-hydrogen) atoms. The number of thioether (sulfide) groups is 1. The van der Waals surface area contributed by atoms with Gasteiger partial charge in [-0.25, -0.2) is 4.98 Å². The van der Waals surface area contributed by atoms with E-state index in [9.17, 15) is 14.9 Å². The van der Waals surface area contributed by atoms with Crippen LogP contribution in [-0.2, 0) is 0 Å². The molecular formula is C21H24N4O3S2. The van der Waals surface area contributed by atoms with Crippen LogP contribution in [0.25, 0.3) is 10.2 Å². The van der Waals surface area contributed by atoms with E-state index in [1.807, 2.05) is 38.4 Å². The third-order valence-electron chi connectivity index (χ3n) is 4.43. The van der Waals surface area contributed by atoms with Crippen molar-refractivity contribution < 1.29 is 9.72 Å². The van der Waals surface area contributed by atoms with Crippen molar-refractivity contribution in [3.8, 4) is 0 Å². The fourth-order valence-corrected chi connectivity index (χ4v) is 4.74. The zero-order valence-electron chi connectivity index (χ0n) is 17.2. The van der Waals surface area contributed by atoms with Crippen molar-refractivity contribution in [2.75, 3.05) is 37.8 Å². The van der Waals surface area contributed by atoms with E-state index in [2.05, 4.69) is 16.8 Å². The number of thiazole rings is 1. The maximum atomic E-state index is 13.4. The van der Waals surface area contributed by atoms with E-state index in [0.717, 1.165) is 23.6 Å². The number of amides is 1. The lowest BCUT2D eigenvalue weighted by Crippen LogP contribution is -2.33. The molecule has 0 radical (unpaired) electrons. The number of aromatic nitrogens is 1. The van der Waals surface area contributed by atoms with Crippen LogP contribution in [0.3, 0.4) is 0 Å². The summed E-state index contributed by atoms with van der Waals surface area (Å²) in [7, 11) is 3.99. The number of hydrogen-bond acceptors (Lipinski definition) is 7. The van der Waals surface area contributed by atoms with Crippen LogP contribution in [0, 0.1) is 10.1 Å². The Labute approximate surface area is 183 Å². The maximum absolute atomic E-state index is 13.4. The summed E-state index contributed by atoms with van der Waals surface area (Å²) in [5.74, 6) is 0.821. The molecule has 0 unspecified atom stereocenters. The standard InChI is InChI=1S/C21H24N4O3S2/c1-4-29-17-8-5-7-15(13-17)20(26)24(12-6-11-23(2)3)21-22-18-10-9-16(25(27)28)14-19(18)30-21/h5,7-10,13-14H,4,6,11-12H2,1-3H3. The monoisotopic (exact) mass is 444 g/mol. The number of rotatable bonds is 9. The summed E-state index contributed by atoms with van der Waals surface area (Å²) in [4.78, 5) is 33.5. The fraction of sp³-hybridized carbons (Fsp3) is 0.333. The molecule has 7 nitrogen and oxygen atoms in total. The molecule has 1 amide bonds. The number of anilines is 1. The number of hydrogen-bond donors (Lipinski definition) is 0. The Morgan fingerprint density at radius 2 is 2.00 bits per heavy atom. The summed E-state index contributed by atoms with van der Waals surface area (Å²) in [6.45, 7) is 3.43. The van der Waals surface area contributed by atoms with Gasteiger partial charge in [0, 0.05) is 29.1 Å². The predicted molar refractivity (Wildman–Crippen MR) is 124 cm³/mol. The summed E-state index contributed by atoms with van der Waals surface area (Å²) < 4.78 is 0.694. The number of carbonyl (C=O) groups is 1. The van der Waals surface area contributed by atoms with Crippen molar-refractivity contribution in [2.45, 2.75) is 18.2 Å². The van der Waals surface area contributed by atoms with Crippen LogP contribution in [0.1, 0.15) is 23.7 Å². The molecule has 0 atom stereocenters. The molecule has 0 saturated heterocycles. The molecule has 2 aromatic carbocycles. The van der Waals surface area contributed by atoms with E-state index in [-0.39, 0.29) is 11.6 Å². The Bertz CT molecular complexity index is 1050. The molecule has 3 rings (SSSR count). The first-order valence-corrected chi connectivity index (χ1v) is 11.4. The van der Waals surface area contributed by atoms with Crippen LogP contribution in [0.2, 0.25) is 0 Å². The summed E-state index contributed by atoms with van der Waals surface area (Å²) in [6.07, 6.45) is 0.790. The molecule has 0 bridgehead atoms. The maximum Gasteiger partial charge on any atom is 0.270 e. The lowest BCUT2D eigenvalue weighted by molar-refractivity contribution is -0.384. The van der Waals surface area contributed by atoms with Gasteiger partial charge in [0.25, 0.3) is 11.6 Å². The van der Waals surface area contributed by atoms with E-state index in [1.54, 1.807) is 22.7 Å². The zero-order valence-corrected chi connectivity index (χ0v) is 18.8. The van der Waals surface area contributed by atoms with Crippen LogP contribution >= 0.6 is 23.1 Å². The molecule has 0 fully saturated rings. The van der Waals surface area contributed by atoms with Gasteiger partial charge in [-0.3, -0.25) is 19.8 Å². The van der Waals surface area contributed by atoms with Crippen molar-refractivity contribution in [1.29, 1.82) is 0 Å². The summed E-state index contributed by atoms with van der Waals surface area (Å²) in [6, 6.07) is 12.2. The van der Waals surface area contributed by atoms with Gasteiger partial charge in [0.1, 0.15) is 0 Å². The smallest absolute Gasteiger partial charge is 0.270 e. The highest BCUT2D eigenvalue weighted by molar-refractivity contribution is 7.99. The van der Waals surface area contributed by atoms with Gasteiger partial charge in [-0.1, -0.05) is 24.3 Å². The lowest BCUT2D eigenvalue weighted by Gasteiger charge is -2.21. The van der Waals surface area contributed by atoms with Crippen LogP contribution in [-0.4, -0.2) is 53.7 Å². The number of benzene rings is 2. The number of nitro groups is 1. The Morgan fingerprint density at radius 1 is 1.20 bits per heavy atom. The largest absolute Gasteiger partial charge is 0.309 e. The first-order chi connectivity index (χ1) is 14.4. The van der Waals surface area contributed by atoms with E-state index in [1.165, 1.54) is 23.5 Å². The van der Waals surface area contributed by atoms with Crippen LogP contribution in [0.5, 0.6) is 0 Å². The molecule has 1 heterocycles. The summed E-state index contributed by atoms with van der Waals surface area (Å²) in [5.41, 5.74) is 1.29. The average Bonchev–Trinajstić information content (AvgIpc) is 3.14. The molecule has 0 aliphatic heterocycles. The van der Waals surface area contributed by atoms with Gasteiger partial charge in [0.2, 0.25) is 0 Å². The quantitative estimate of drug-likeness (QED) is 0.265. The molecule has 3 aromatic rings. The Hall–Kier alpha value is -2.49. The summed E-state index contributed by atoms with van der Waals surface area (Å²) >= 11 is 2.99. The molecule has 0 N–H and O–H groups in total. The minimum absolute atomic E-state index is 0.0208. The Balaban J connectivity index is 1.95. The van der Waals surface area contributed by atoms with Crippen LogP contribution in [0.4, 0.5) is 10.8 Å². The fourth-order valence-electron chi connectivity index (χ4n) is 3.00. The third kappa shape index (κ3) is 5.35. The number of non-ortho nitro benzene ring substituents is 1. The molecular weight excluding hydrogens is 420 g/mol. The molecule has 0 saturated carbocycles. The second kappa shape index (κ2) is 10.0. The number of nitro benzene ring substituents is 1. The van der Waals surface area contributed by atoms with Gasteiger partial charge < -0.3 is 4.90 Å². The van der Waals surface area contributed by atoms with Gasteiger partial charge >= 0.3 is 0 Å². The highest BCUT2D eigenvalue weighted by atomic mass is 32.2. The minimum atomic E-state index is -0.421. The van der Waals surface area contributed by atoms with Crippen LogP contribution in [0.15, 0.2) is 47.4 Å². The van der Waals surface area contributed by atoms with Crippen molar-refractivity contribution >= 4 is 50.0 Å². The second-order valence-corrected chi connectivity index (χ2v) is 9.33. The third-order valence-corrected chi connectivity index (χ3v) is 6.34. The van der Waals surface area contributed by atoms with E-state index in [0.29, 0.717) is 27.5 Å². The number of fused-ring (bicyclic) bond motifs is 1. The van der Waals surface area contributed by atoms with E-state index >= 15 is 0 Å². The van der Waals surface area contributed by atoms with E-state index < -0.39 is 4.92 Å². The van der Waals surface area contributed by atoms with Crippen LogP contribution < -0.4 is 4.90 Å². The zero-order chi connectivity index (χ0) is 21.7. The Kier molecular flexibility index (Phi) is 7.41. The molecule has 0 spiro atoms. The topological polar surface area (TPSA) is 79.6 Å². The van der Waals surface area contributed by atoms with Gasteiger partial charge in [-0.15, -0.1) is 11.8 Å². The molecule has 9 heteroatoms. The normalized spacial score (nSPS) is 11.2. The van der Waals surface area contributed by atoms with Crippen molar-refractivity contribution in [1.82, 2.24) is 9.88 Å². The number of carbonyl (C=O) groups excluding carboxylic acids is 1. The SMILES string of the molecule is CCSc1cccc(C(=O)N(CCCN(C)C)c2nc3ccc([N+](=O)[O-])cc3s2)c1. The molecule has 158 valence electrons. The van der Waals surface area contributed by atoms with Gasteiger partial charge in [-0.2, -0.15) is 0 Å². The molecule has 1 aromatic heterocycles. The van der Waals surface area contributed by atoms with Crippen molar-refractivity contribution in [3.05, 3.63) is 58.1 Å². The van der Waals surface area contributed by atoms with Crippen molar-refractivity contribution in [2.24, 2.45) is 0 Å². The first-order valence-electron chi connectivity index (χ1n) is 9.63.